The lowest BCUT2D eigenvalue weighted by atomic mass is 9.81. The number of rotatable bonds is 4. The van der Waals surface area contributed by atoms with Gasteiger partial charge in [0.15, 0.2) is 0 Å². The van der Waals surface area contributed by atoms with Crippen LogP contribution in [0.15, 0.2) is 49.3 Å². The van der Waals surface area contributed by atoms with Crippen LogP contribution in [-0.4, -0.2) is 58.4 Å². The smallest absolute Gasteiger partial charge is 0.399 e. The van der Waals surface area contributed by atoms with E-state index < -0.39 is 42.3 Å². The van der Waals surface area contributed by atoms with Crippen molar-refractivity contribution >= 4 is 24.2 Å². The molecular formula is C30H32BClF6N6O4. The molecule has 0 aliphatic carbocycles. The zero-order chi connectivity index (χ0) is 36.1. The number of halogens is 7. The van der Waals surface area contributed by atoms with Gasteiger partial charge >= 0.3 is 19.5 Å². The van der Waals surface area contributed by atoms with E-state index in [1.807, 2.05) is 34.6 Å². The predicted molar refractivity (Wildman–Crippen MR) is 164 cm³/mol. The molecule has 0 unspecified atom stereocenters. The average molecular weight is 701 g/mol. The minimum absolute atomic E-state index is 0.0219. The molecule has 4 aromatic heterocycles. The van der Waals surface area contributed by atoms with E-state index in [9.17, 15) is 26.3 Å². The third-order valence-corrected chi connectivity index (χ3v) is 7.60. The monoisotopic (exact) mass is 700 g/mol. The Bertz CT molecular complexity index is 1660. The number of aliphatic hydroxyl groups is 2. The topological polar surface area (TPSA) is 136 Å². The van der Waals surface area contributed by atoms with Gasteiger partial charge in [-0.2, -0.15) is 26.3 Å². The molecule has 4 aromatic rings. The fourth-order valence-corrected chi connectivity index (χ4v) is 3.97. The first-order valence-corrected chi connectivity index (χ1v) is 14.5. The van der Waals surface area contributed by atoms with Gasteiger partial charge in [0, 0.05) is 48.2 Å². The van der Waals surface area contributed by atoms with Crippen LogP contribution in [0.25, 0.3) is 11.3 Å². The highest BCUT2D eigenvalue weighted by atomic mass is 35.5. The van der Waals surface area contributed by atoms with E-state index in [1.54, 1.807) is 31.5 Å². The van der Waals surface area contributed by atoms with Crippen LogP contribution in [-0.2, 0) is 34.9 Å². The van der Waals surface area contributed by atoms with E-state index in [0.717, 1.165) is 41.5 Å². The highest BCUT2D eigenvalue weighted by Crippen LogP contribution is 2.36. The normalized spacial score (nSPS) is 15.3. The summed E-state index contributed by atoms with van der Waals surface area (Å²) in [6, 6.07) is 3.26. The number of aromatic nitrogens is 6. The second-order valence-electron chi connectivity index (χ2n) is 11.5. The maximum atomic E-state index is 12.4. The Morgan fingerprint density at radius 3 is 1.50 bits per heavy atom. The van der Waals surface area contributed by atoms with E-state index in [-0.39, 0.29) is 13.2 Å². The third kappa shape index (κ3) is 9.88. The summed E-state index contributed by atoms with van der Waals surface area (Å²) in [6.45, 7) is 11.0. The number of nitrogens with zero attached hydrogens (tertiary/aromatic N) is 6. The molecule has 1 saturated heterocycles. The van der Waals surface area contributed by atoms with E-state index in [2.05, 4.69) is 29.9 Å². The van der Waals surface area contributed by atoms with Crippen molar-refractivity contribution in [1.29, 1.82) is 0 Å². The lowest BCUT2D eigenvalue weighted by Crippen LogP contribution is -2.41. The second kappa shape index (κ2) is 15.2. The van der Waals surface area contributed by atoms with Crippen molar-refractivity contribution in [3.63, 3.8) is 0 Å². The molecule has 1 aliphatic rings. The maximum absolute atomic E-state index is 12.4. The largest absolute Gasteiger partial charge is 0.498 e. The molecule has 1 fully saturated rings. The van der Waals surface area contributed by atoms with Crippen LogP contribution >= 0.6 is 11.6 Å². The van der Waals surface area contributed by atoms with Gasteiger partial charge < -0.3 is 19.5 Å². The maximum Gasteiger partial charge on any atom is 0.498 e. The lowest BCUT2D eigenvalue weighted by Gasteiger charge is -2.32. The fourth-order valence-electron chi connectivity index (χ4n) is 3.79. The minimum Gasteiger partial charge on any atom is -0.399 e. The average Bonchev–Trinajstić information content (AvgIpc) is 3.24. The number of aryl methyl sites for hydroxylation is 2. The molecule has 48 heavy (non-hydrogen) atoms. The van der Waals surface area contributed by atoms with Crippen molar-refractivity contribution in [3.05, 3.63) is 88.4 Å². The van der Waals surface area contributed by atoms with Crippen molar-refractivity contribution in [3.8, 4) is 11.3 Å². The summed E-state index contributed by atoms with van der Waals surface area (Å²) in [5.74, 6) is -2.36. The van der Waals surface area contributed by atoms with Crippen LogP contribution in [0, 0.1) is 13.8 Å². The Labute approximate surface area is 277 Å². The summed E-state index contributed by atoms with van der Waals surface area (Å²) >= 11 is 5.57. The SMILES string of the molecule is CC1(C)OB(c2cnc(C(F)(F)F)nc2)OC1(C)C.Cc1cnc(-c2cnc(C(F)(F)F)nc2)cc1CO.Cc1cnc(Cl)cc1CO. The summed E-state index contributed by atoms with van der Waals surface area (Å²) in [5.41, 5.74) is 3.30. The molecule has 2 N–H and O–H groups in total. The Hall–Kier alpha value is -3.77. The van der Waals surface area contributed by atoms with Crippen molar-refractivity contribution < 1.29 is 45.9 Å². The molecular weight excluding hydrogens is 669 g/mol. The standard InChI is InChI=1S/C12H10F3N3O.C11H14BF3N2O2.C7H8ClNO/c1-7-3-16-10(2-8(7)6-19)9-4-17-11(18-5-9)12(13,14)15;1-9(2)10(3,4)19-12(18-9)7-5-16-8(17-6-7)11(13,14)15;1-5-3-9-7(8)2-6(5)4-10/h2-5,19H,6H2,1H3;5-6H,1-4H3;2-3,10H,4H2,1H3. The molecule has 0 saturated carbocycles. The molecule has 0 radical (unpaired) electrons. The van der Waals surface area contributed by atoms with E-state index in [0.29, 0.717) is 27.4 Å². The zero-order valence-electron chi connectivity index (χ0n) is 26.7. The molecule has 0 spiro atoms. The van der Waals surface area contributed by atoms with Crippen molar-refractivity contribution in [2.45, 2.75) is 78.3 Å². The fraction of sp³-hybridized carbons (Fsp3) is 0.400. The van der Waals surface area contributed by atoms with Gasteiger partial charge in [-0.3, -0.25) is 4.98 Å². The minimum atomic E-state index is -4.56. The number of alkyl halides is 6. The first-order chi connectivity index (χ1) is 22.2. The van der Waals surface area contributed by atoms with Gasteiger partial charge in [0.2, 0.25) is 11.6 Å². The van der Waals surface area contributed by atoms with Crippen molar-refractivity contribution in [1.82, 2.24) is 29.9 Å². The van der Waals surface area contributed by atoms with Crippen molar-refractivity contribution in [2.75, 3.05) is 0 Å². The summed E-state index contributed by atoms with van der Waals surface area (Å²) in [5, 5.41) is 18.3. The molecule has 5 heterocycles. The molecule has 1 aliphatic heterocycles. The molecule has 0 bridgehead atoms. The number of aliphatic hydroxyl groups excluding tert-OH is 2. The van der Waals surface area contributed by atoms with Crippen LogP contribution in [0.5, 0.6) is 0 Å². The Morgan fingerprint density at radius 1 is 0.667 bits per heavy atom. The van der Waals surface area contributed by atoms with E-state index in [1.165, 1.54) is 0 Å². The van der Waals surface area contributed by atoms with Gasteiger partial charge in [-0.15, -0.1) is 0 Å². The van der Waals surface area contributed by atoms with Gasteiger partial charge in [0.1, 0.15) is 5.15 Å². The molecule has 5 rings (SSSR count). The molecule has 0 aromatic carbocycles. The quantitative estimate of drug-likeness (QED) is 0.155. The summed E-state index contributed by atoms with van der Waals surface area (Å²) in [4.78, 5) is 21.0. The first-order valence-electron chi connectivity index (χ1n) is 14.1. The Kier molecular flexibility index (Phi) is 12.2. The number of hydrogen-bond acceptors (Lipinski definition) is 10. The second-order valence-corrected chi connectivity index (χ2v) is 11.9. The summed E-state index contributed by atoms with van der Waals surface area (Å²) < 4.78 is 85.4. The van der Waals surface area contributed by atoms with Gasteiger partial charge in [0.25, 0.3) is 0 Å². The highest BCUT2D eigenvalue weighted by Gasteiger charge is 2.52. The van der Waals surface area contributed by atoms with Crippen LogP contribution in [0.1, 0.15) is 61.6 Å². The van der Waals surface area contributed by atoms with Crippen LogP contribution in [0.3, 0.4) is 0 Å². The Morgan fingerprint density at radius 2 is 1.08 bits per heavy atom. The lowest BCUT2D eigenvalue weighted by molar-refractivity contribution is -0.145. The predicted octanol–water partition coefficient (Wildman–Crippen LogP) is 5.69. The highest BCUT2D eigenvalue weighted by molar-refractivity contribution is 6.61. The van der Waals surface area contributed by atoms with Crippen LogP contribution < -0.4 is 5.46 Å². The van der Waals surface area contributed by atoms with Gasteiger partial charge in [0.05, 0.1) is 30.1 Å². The Balaban J connectivity index is 0.000000205. The molecule has 0 atom stereocenters. The van der Waals surface area contributed by atoms with Crippen LogP contribution in [0.2, 0.25) is 5.15 Å². The molecule has 0 amide bonds. The summed E-state index contributed by atoms with van der Waals surface area (Å²) in [6.07, 6.45) is -1.63. The number of hydrogen-bond donors (Lipinski definition) is 2. The van der Waals surface area contributed by atoms with E-state index >= 15 is 0 Å². The first kappa shape index (κ1) is 38.7. The molecule has 10 nitrogen and oxygen atoms in total. The van der Waals surface area contributed by atoms with Gasteiger partial charge in [-0.25, -0.2) is 24.9 Å². The van der Waals surface area contributed by atoms with Gasteiger partial charge in [-0.05, 0) is 75.9 Å². The van der Waals surface area contributed by atoms with Crippen LogP contribution in [0.4, 0.5) is 26.3 Å². The zero-order valence-corrected chi connectivity index (χ0v) is 27.4. The van der Waals surface area contributed by atoms with E-state index in [4.69, 9.17) is 31.1 Å². The van der Waals surface area contributed by atoms with Crippen molar-refractivity contribution in [2.24, 2.45) is 0 Å². The van der Waals surface area contributed by atoms with Gasteiger partial charge in [-0.1, -0.05) is 11.6 Å². The summed E-state index contributed by atoms with van der Waals surface area (Å²) in [7, 11) is -0.757. The third-order valence-electron chi connectivity index (χ3n) is 7.39. The molecule has 18 heteroatoms. The molecule has 258 valence electrons. The number of pyridine rings is 2.